The number of halogens is 2. The SMILES string of the molecule is CN(CC(C)(C)O)C(=O)c1ccc(F)cc1Br. The zero-order chi connectivity index (χ0) is 13.2. The first-order valence-electron chi connectivity index (χ1n) is 5.13. The molecule has 1 amide bonds. The van der Waals surface area contributed by atoms with Crippen LogP contribution in [0.15, 0.2) is 22.7 Å². The van der Waals surface area contributed by atoms with Gasteiger partial charge in [-0.15, -0.1) is 0 Å². The molecule has 1 rings (SSSR count). The fourth-order valence-corrected chi connectivity index (χ4v) is 2.04. The second kappa shape index (κ2) is 5.14. The number of hydrogen-bond donors (Lipinski definition) is 1. The molecule has 0 spiro atoms. The van der Waals surface area contributed by atoms with Crippen LogP contribution in [0, 0.1) is 5.82 Å². The first-order chi connectivity index (χ1) is 7.70. The van der Waals surface area contributed by atoms with Gasteiger partial charge in [-0.25, -0.2) is 4.39 Å². The molecule has 0 fully saturated rings. The minimum Gasteiger partial charge on any atom is -0.389 e. The number of hydrogen-bond acceptors (Lipinski definition) is 2. The summed E-state index contributed by atoms with van der Waals surface area (Å²) in [6.07, 6.45) is 0. The highest BCUT2D eigenvalue weighted by Crippen LogP contribution is 2.20. The van der Waals surface area contributed by atoms with E-state index in [-0.39, 0.29) is 12.5 Å². The van der Waals surface area contributed by atoms with E-state index in [1.165, 1.54) is 23.1 Å². The molecule has 0 heterocycles. The number of nitrogens with zero attached hydrogens (tertiary/aromatic N) is 1. The van der Waals surface area contributed by atoms with E-state index in [4.69, 9.17) is 0 Å². The number of carbonyl (C=O) groups excluding carboxylic acids is 1. The van der Waals surface area contributed by atoms with Crippen LogP contribution < -0.4 is 0 Å². The summed E-state index contributed by atoms with van der Waals surface area (Å²) < 4.78 is 13.3. The fraction of sp³-hybridized carbons (Fsp3) is 0.417. The van der Waals surface area contributed by atoms with E-state index in [1.807, 2.05) is 0 Å². The molecule has 1 aromatic carbocycles. The number of aliphatic hydroxyl groups is 1. The van der Waals surface area contributed by atoms with Crippen LogP contribution in [0.5, 0.6) is 0 Å². The summed E-state index contributed by atoms with van der Waals surface area (Å²) in [5.74, 6) is -0.669. The molecule has 0 atom stereocenters. The van der Waals surface area contributed by atoms with Crippen molar-refractivity contribution in [3.63, 3.8) is 0 Å². The zero-order valence-corrected chi connectivity index (χ0v) is 11.6. The summed E-state index contributed by atoms with van der Waals surface area (Å²) in [6, 6.07) is 3.89. The van der Waals surface area contributed by atoms with Crippen molar-refractivity contribution in [1.82, 2.24) is 4.90 Å². The highest BCUT2D eigenvalue weighted by atomic mass is 79.9. The van der Waals surface area contributed by atoms with Gasteiger partial charge in [-0.1, -0.05) is 0 Å². The summed E-state index contributed by atoms with van der Waals surface area (Å²) >= 11 is 3.15. The number of amides is 1. The maximum atomic E-state index is 12.9. The predicted molar refractivity (Wildman–Crippen MR) is 67.4 cm³/mol. The van der Waals surface area contributed by atoms with Gasteiger partial charge in [-0.2, -0.15) is 0 Å². The Labute approximate surface area is 108 Å². The molecule has 1 N–H and O–H groups in total. The third-order valence-electron chi connectivity index (χ3n) is 2.13. The monoisotopic (exact) mass is 303 g/mol. The molecule has 5 heteroatoms. The average Bonchev–Trinajstić information content (AvgIpc) is 2.14. The van der Waals surface area contributed by atoms with Gasteiger partial charge in [0.25, 0.3) is 5.91 Å². The van der Waals surface area contributed by atoms with Crippen LogP contribution in [0.1, 0.15) is 24.2 Å². The quantitative estimate of drug-likeness (QED) is 0.932. The van der Waals surface area contributed by atoms with Gasteiger partial charge in [0, 0.05) is 18.1 Å². The Bertz CT molecular complexity index is 429. The first-order valence-corrected chi connectivity index (χ1v) is 5.93. The Balaban J connectivity index is 2.89. The highest BCUT2D eigenvalue weighted by molar-refractivity contribution is 9.10. The minimum atomic E-state index is -0.961. The van der Waals surface area contributed by atoms with Crippen molar-refractivity contribution in [2.45, 2.75) is 19.4 Å². The molecule has 0 aromatic heterocycles. The van der Waals surface area contributed by atoms with Crippen LogP contribution in [0.4, 0.5) is 4.39 Å². The van der Waals surface area contributed by atoms with E-state index in [0.29, 0.717) is 10.0 Å². The lowest BCUT2D eigenvalue weighted by Crippen LogP contribution is -2.39. The summed E-state index contributed by atoms with van der Waals surface area (Å²) in [5.41, 5.74) is -0.588. The van der Waals surface area contributed by atoms with Crippen molar-refractivity contribution in [2.75, 3.05) is 13.6 Å². The lowest BCUT2D eigenvalue weighted by molar-refractivity contribution is 0.0367. The predicted octanol–water partition coefficient (Wildman–Crippen LogP) is 2.43. The molecular weight excluding hydrogens is 289 g/mol. The number of benzene rings is 1. The largest absolute Gasteiger partial charge is 0.389 e. The Hall–Kier alpha value is -0.940. The Morgan fingerprint density at radius 3 is 2.59 bits per heavy atom. The maximum Gasteiger partial charge on any atom is 0.254 e. The summed E-state index contributed by atoms with van der Waals surface area (Å²) in [7, 11) is 1.59. The van der Waals surface area contributed by atoms with Gasteiger partial charge < -0.3 is 10.0 Å². The van der Waals surface area contributed by atoms with Crippen molar-refractivity contribution in [1.29, 1.82) is 0 Å². The Morgan fingerprint density at radius 2 is 2.12 bits per heavy atom. The molecule has 0 aliphatic heterocycles. The zero-order valence-electron chi connectivity index (χ0n) is 10.00. The second-order valence-corrected chi connectivity index (χ2v) is 5.45. The third-order valence-corrected chi connectivity index (χ3v) is 2.79. The van der Waals surface area contributed by atoms with Crippen molar-refractivity contribution < 1.29 is 14.3 Å². The molecule has 17 heavy (non-hydrogen) atoms. The van der Waals surface area contributed by atoms with E-state index in [9.17, 15) is 14.3 Å². The average molecular weight is 304 g/mol. The molecule has 3 nitrogen and oxygen atoms in total. The van der Waals surface area contributed by atoms with Gasteiger partial charge in [-0.05, 0) is 48.0 Å². The molecule has 0 saturated carbocycles. The van der Waals surface area contributed by atoms with E-state index < -0.39 is 11.4 Å². The van der Waals surface area contributed by atoms with E-state index >= 15 is 0 Å². The van der Waals surface area contributed by atoms with Crippen LogP contribution in [0.2, 0.25) is 0 Å². The number of likely N-dealkylation sites (N-methyl/N-ethyl adjacent to an activating group) is 1. The molecule has 1 aromatic rings. The van der Waals surface area contributed by atoms with Crippen molar-refractivity contribution >= 4 is 21.8 Å². The Kier molecular flexibility index (Phi) is 4.27. The van der Waals surface area contributed by atoms with Crippen LogP contribution in [-0.2, 0) is 0 Å². The molecule has 0 bridgehead atoms. The number of carbonyl (C=O) groups is 1. The van der Waals surface area contributed by atoms with Gasteiger partial charge in [0.15, 0.2) is 0 Å². The molecule has 0 aliphatic rings. The molecular formula is C12H15BrFNO2. The second-order valence-electron chi connectivity index (χ2n) is 4.60. The van der Waals surface area contributed by atoms with E-state index in [2.05, 4.69) is 15.9 Å². The smallest absolute Gasteiger partial charge is 0.254 e. The molecule has 0 radical (unpaired) electrons. The van der Waals surface area contributed by atoms with Crippen LogP contribution in [0.3, 0.4) is 0 Å². The normalized spacial score (nSPS) is 11.4. The topological polar surface area (TPSA) is 40.5 Å². The first kappa shape index (κ1) is 14.1. The lowest BCUT2D eigenvalue weighted by atomic mass is 10.1. The van der Waals surface area contributed by atoms with Crippen LogP contribution in [-0.4, -0.2) is 35.1 Å². The van der Waals surface area contributed by atoms with Crippen molar-refractivity contribution in [2.24, 2.45) is 0 Å². The van der Waals surface area contributed by atoms with E-state index in [0.717, 1.165) is 0 Å². The Morgan fingerprint density at radius 1 is 1.53 bits per heavy atom. The van der Waals surface area contributed by atoms with Crippen LogP contribution in [0.25, 0.3) is 0 Å². The maximum absolute atomic E-state index is 12.9. The van der Waals surface area contributed by atoms with Crippen LogP contribution >= 0.6 is 15.9 Å². The molecule has 94 valence electrons. The van der Waals surface area contributed by atoms with Gasteiger partial charge in [0.1, 0.15) is 5.82 Å². The van der Waals surface area contributed by atoms with Crippen molar-refractivity contribution in [3.8, 4) is 0 Å². The summed E-state index contributed by atoms with van der Waals surface area (Å²) in [6.45, 7) is 3.45. The third kappa shape index (κ3) is 4.09. The van der Waals surface area contributed by atoms with Gasteiger partial charge in [0.05, 0.1) is 11.2 Å². The minimum absolute atomic E-state index is 0.204. The van der Waals surface area contributed by atoms with Gasteiger partial charge >= 0.3 is 0 Å². The molecule has 0 aliphatic carbocycles. The highest BCUT2D eigenvalue weighted by Gasteiger charge is 2.21. The molecule has 0 saturated heterocycles. The van der Waals surface area contributed by atoms with Gasteiger partial charge in [0.2, 0.25) is 0 Å². The summed E-state index contributed by atoms with van der Waals surface area (Å²) in [4.78, 5) is 13.4. The van der Waals surface area contributed by atoms with Crippen molar-refractivity contribution in [3.05, 3.63) is 34.1 Å². The lowest BCUT2D eigenvalue weighted by Gasteiger charge is -2.25. The van der Waals surface area contributed by atoms with Gasteiger partial charge in [-0.3, -0.25) is 4.79 Å². The standard InChI is InChI=1S/C12H15BrFNO2/c1-12(2,17)7-15(3)11(16)9-5-4-8(14)6-10(9)13/h4-6,17H,7H2,1-3H3. The van der Waals surface area contributed by atoms with E-state index in [1.54, 1.807) is 20.9 Å². The molecule has 0 unspecified atom stereocenters. The number of rotatable bonds is 3. The summed E-state index contributed by atoms with van der Waals surface area (Å²) in [5, 5.41) is 9.63. The fourth-order valence-electron chi connectivity index (χ4n) is 1.52.